The van der Waals surface area contributed by atoms with Gasteiger partial charge >= 0.3 is 6.03 Å². The maximum absolute atomic E-state index is 13.2. The standard InChI is InChI=1S/C24H24ClN5O2S/c1-29(2)22(26)15-3-7-18(8-4-15)27-23(31)20-13-21-16(11-12-33-21)14-30(20)24(32)28-19-9-5-17(25)6-10-19/h3-12,20,26H,13-14H2,1-2H3,(H,27,31)(H,28,32). The molecule has 2 aromatic carbocycles. The first-order valence-electron chi connectivity index (χ1n) is 10.4. The van der Waals surface area contributed by atoms with Crippen molar-refractivity contribution in [1.29, 1.82) is 5.41 Å². The summed E-state index contributed by atoms with van der Waals surface area (Å²) in [6.07, 6.45) is 0.455. The Morgan fingerprint density at radius 1 is 1.03 bits per heavy atom. The average molecular weight is 482 g/mol. The van der Waals surface area contributed by atoms with E-state index in [4.69, 9.17) is 17.0 Å². The van der Waals surface area contributed by atoms with Crippen molar-refractivity contribution in [3.8, 4) is 0 Å². The van der Waals surface area contributed by atoms with Crippen molar-refractivity contribution in [3.05, 3.63) is 81.0 Å². The summed E-state index contributed by atoms with van der Waals surface area (Å²) in [6.45, 7) is 0.356. The largest absolute Gasteiger partial charge is 0.363 e. The number of nitrogens with zero attached hydrogens (tertiary/aromatic N) is 2. The van der Waals surface area contributed by atoms with Crippen molar-refractivity contribution in [3.63, 3.8) is 0 Å². The molecular weight excluding hydrogens is 458 g/mol. The van der Waals surface area contributed by atoms with Gasteiger partial charge in [-0.3, -0.25) is 10.2 Å². The zero-order valence-corrected chi connectivity index (χ0v) is 19.8. The van der Waals surface area contributed by atoms with E-state index in [-0.39, 0.29) is 11.9 Å². The van der Waals surface area contributed by atoms with Crippen LogP contribution in [0, 0.1) is 5.41 Å². The molecule has 1 aliphatic rings. The van der Waals surface area contributed by atoms with Crippen LogP contribution in [0.25, 0.3) is 0 Å². The molecule has 1 atom stereocenters. The highest BCUT2D eigenvalue weighted by Crippen LogP contribution is 2.29. The van der Waals surface area contributed by atoms with Gasteiger partial charge in [0, 0.05) is 53.9 Å². The fraction of sp³-hybridized carbons (Fsp3) is 0.208. The third-order valence-electron chi connectivity index (χ3n) is 5.47. The van der Waals surface area contributed by atoms with E-state index in [9.17, 15) is 9.59 Å². The summed E-state index contributed by atoms with van der Waals surface area (Å²) in [7, 11) is 3.62. The lowest BCUT2D eigenvalue weighted by molar-refractivity contribution is -0.120. The zero-order valence-electron chi connectivity index (χ0n) is 18.3. The fourth-order valence-electron chi connectivity index (χ4n) is 3.64. The Balaban J connectivity index is 1.51. The maximum Gasteiger partial charge on any atom is 0.322 e. The number of nitrogens with one attached hydrogen (secondary N) is 3. The Labute approximate surface area is 201 Å². The van der Waals surface area contributed by atoms with Crippen LogP contribution in [0.15, 0.2) is 60.0 Å². The Morgan fingerprint density at radius 2 is 1.67 bits per heavy atom. The van der Waals surface area contributed by atoms with Crippen LogP contribution in [0.5, 0.6) is 0 Å². The summed E-state index contributed by atoms with van der Waals surface area (Å²) in [5, 5.41) is 16.4. The molecule has 0 saturated carbocycles. The lowest BCUT2D eigenvalue weighted by Gasteiger charge is -2.34. The minimum Gasteiger partial charge on any atom is -0.363 e. The number of thiophene rings is 1. The molecule has 0 bridgehead atoms. The minimum atomic E-state index is -0.650. The second-order valence-electron chi connectivity index (χ2n) is 7.96. The van der Waals surface area contributed by atoms with E-state index in [1.165, 1.54) is 0 Å². The smallest absolute Gasteiger partial charge is 0.322 e. The van der Waals surface area contributed by atoms with Gasteiger partial charge in [-0.15, -0.1) is 11.3 Å². The number of carbonyl (C=O) groups is 2. The van der Waals surface area contributed by atoms with E-state index < -0.39 is 6.04 Å². The molecule has 1 aliphatic heterocycles. The number of urea groups is 1. The van der Waals surface area contributed by atoms with Crippen molar-refractivity contribution >= 4 is 52.1 Å². The predicted molar refractivity (Wildman–Crippen MR) is 133 cm³/mol. The van der Waals surface area contributed by atoms with Gasteiger partial charge in [0.15, 0.2) is 0 Å². The lowest BCUT2D eigenvalue weighted by atomic mass is 10.0. The van der Waals surface area contributed by atoms with Crippen LogP contribution in [0.4, 0.5) is 16.2 Å². The number of benzene rings is 2. The molecule has 4 rings (SSSR count). The van der Waals surface area contributed by atoms with Crippen molar-refractivity contribution in [1.82, 2.24) is 9.80 Å². The van der Waals surface area contributed by atoms with Crippen LogP contribution in [0.2, 0.25) is 5.02 Å². The van der Waals surface area contributed by atoms with Crippen LogP contribution in [-0.4, -0.2) is 47.7 Å². The number of rotatable bonds is 4. The molecular formula is C24H24ClN5O2S. The van der Waals surface area contributed by atoms with E-state index in [0.29, 0.717) is 35.2 Å². The molecule has 170 valence electrons. The lowest BCUT2D eigenvalue weighted by Crippen LogP contribution is -2.51. The minimum absolute atomic E-state index is 0.254. The number of fused-ring (bicyclic) bond motifs is 1. The van der Waals surface area contributed by atoms with Crippen LogP contribution < -0.4 is 10.6 Å². The summed E-state index contributed by atoms with van der Waals surface area (Å²) in [6, 6.07) is 15.0. The van der Waals surface area contributed by atoms with Crippen LogP contribution >= 0.6 is 22.9 Å². The molecule has 0 aliphatic carbocycles. The molecule has 2 heterocycles. The van der Waals surface area contributed by atoms with Crippen LogP contribution in [0.3, 0.4) is 0 Å². The highest BCUT2D eigenvalue weighted by atomic mass is 35.5. The molecule has 3 amide bonds. The molecule has 0 radical (unpaired) electrons. The molecule has 0 fully saturated rings. The first-order chi connectivity index (χ1) is 15.8. The van der Waals surface area contributed by atoms with Crippen LogP contribution in [0.1, 0.15) is 16.0 Å². The van der Waals surface area contributed by atoms with Gasteiger partial charge in [-0.05, 0) is 65.5 Å². The number of carbonyl (C=O) groups excluding carboxylic acids is 2. The molecule has 0 saturated heterocycles. The first-order valence-corrected chi connectivity index (χ1v) is 11.6. The molecule has 0 spiro atoms. The van der Waals surface area contributed by atoms with Crippen molar-refractivity contribution < 1.29 is 9.59 Å². The molecule has 7 nitrogen and oxygen atoms in total. The average Bonchev–Trinajstić information content (AvgIpc) is 3.27. The van der Waals surface area contributed by atoms with E-state index in [0.717, 1.165) is 16.0 Å². The normalized spacial score (nSPS) is 14.9. The molecule has 3 aromatic rings. The Hall–Kier alpha value is -3.36. The van der Waals surface area contributed by atoms with Crippen molar-refractivity contribution in [2.45, 2.75) is 19.0 Å². The Kier molecular flexibility index (Phi) is 6.67. The Bertz CT molecular complexity index is 1170. The van der Waals surface area contributed by atoms with Gasteiger partial charge in [-0.25, -0.2) is 4.79 Å². The number of anilines is 2. The van der Waals surface area contributed by atoms with Crippen LogP contribution in [-0.2, 0) is 17.8 Å². The highest BCUT2D eigenvalue weighted by molar-refractivity contribution is 7.10. The van der Waals surface area contributed by atoms with Gasteiger partial charge in [-0.1, -0.05) is 11.6 Å². The zero-order chi connectivity index (χ0) is 23.5. The van der Waals surface area contributed by atoms with E-state index in [1.54, 1.807) is 69.7 Å². The topological polar surface area (TPSA) is 88.5 Å². The third-order valence-corrected chi connectivity index (χ3v) is 6.70. The molecule has 3 N–H and O–H groups in total. The first kappa shape index (κ1) is 22.8. The van der Waals surface area contributed by atoms with Gasteiger partial charge < -0.3 is 20.4 Å². The van der Waals surface area contributed by atoms with E-state index in [1.807, 2.05) is 25.5 Å². The van der Waals surface area contributed by atoms with Crippen molar-refractivity contribution in [2.24, 2.45) is 0 Å². The number of amidine groups is 1. The summed E-state index contributed by atoms with van der Waals surface area (Å²) in [5.74, 6) is 0.131. The molecule has 1 unspecified atom stereocenters. The van der Waals surface area contributed by atoms with Gasteiger partial charge in [0.2, 0.25) is 5.91 Å². The monoisotopic (exact) mass is 481 g/mol. The number of hydrogen-bond donors (Lipinski definition) is 3. The number of halogens is 1. The van der Waals surface area contributed by atoms with Gasteiger partial charge in [-0.2, -0.15) is 0 Å². The number of amides is 3. The van der Waals surface area contributed by atoms with E-state index in [2.05, 4.69) is 10.6 Å². The SMILES string of the molecule is CN(C)C(=N)c1ccc(NC(=O)C2Cc3sccc3CN2C(=O)Nc2ccc(Cl)cc2)cc1. The molecule has 33 heavy (non-hydrogen) atoms. The summed E-state index contributed by atoms with van der Waals surface area (Å²) < 4.78 is 0. The molecule has 9 heteroatoms. The van der Waals surface area contributed by atoms with Gasteiger partial charge in [0.1, 0.15) is 11.9 Å². The molecule has 1 aromatic heterocycles. The summed E-state index contributed by atoms with van der Waals surface area (Å²) >= 11 is 7.53. The van der Waals surface area contributed by atoms with Crippen molar-refractivity contribution in [2.75, 3.05) is 24.7 Å². The van der Waals surface area contributed by atoms with Gasteiger partial charge in [0.05, 0.1) is 0 Å². The van der Waals surface area contributed by atoms with E-state index >= 15 is 0 Å². The predicted octanol–water partition coefficient (Wildman–Crippen LogP) is 4.89. The Morgan fingerprint density at radius 3 is 2.33 bits per heavy atom. The fourth-order valence-corrected chi connectivity index (χ4v) is 4.70. The summed E-state index contributed by atoms with van der Waals surface area (Å²) in [4.78, 5) is 30.7. The summed E-state index contributed by atoms with van der Waals surface area (Å²) in [5.41, 5.74) is 3.04. The maximum atomic E-state index is 13.2. The third kappa shape index (κ3) is 5.18. The quantitative estimate of drug-likeness (QED) is 0.366. The highest BCUT2D eigenvalue weighted by Gasteiger charge is 2.35. The van der Waals surface area contributed by atoms with Gasteiger partial charge in [0.25, 0.3) is 0 Å². The second kappa shape index (κ2) is 9.64. The second-order valence-corrected chi connectivity index (χ2v) is 9.40. The number of hydrogen-bond acceptors (Lipinski definition) is 4.